The van der Waals surface area contributed by atoms with E-state index < -0.39 is 0 Å². The molecule has 0 heterocycles. The van der Waals surface area contributed by atoms with Crippen molar-refractivity contribution in [2.75, 3.05) is 0 Å². The van der Waals surface area contributed by atoms with Crippen LogP contribution in [0.2, 0.25) is 0 Å². The van der Waals surface area contributed by atoms with Gasteiger partial charge in [0.1, 0.15) is 5.78 Å². The number of hydrogen-bond acceptors (Lipinski definition) is 1. The second-order valence-corrected chi connectivity index (χ2v) is 12.8. The molecule has 0 radical (unpaired) electrons. The second-order valence-electron chi connectivity index (χ2n) is 12.8. The molecule has 0 N–H and O–H groups in total. The van der Waals surface area contributed by atoms with Gasteiger partial charge < -0.3 is 4.79 Å². The van der Waals surface area contributed by atoms with E-state index in [9.17, 15) is 4.79 Å². The number of carbonyl (C=O) groups excluding carboxylic acids is 1. The molecule has 0 aromatic rings. The molecule has 12 saturated carbocycles. The summed E-state index contributed by atoms with van der Waals surface area (Å²) in [5.41, 5.74) is 0.573. The summed E-state index contributed by atoms with van der Waals surface area (Å²) >= 11 is 0. The van der Waals surface area contributed by atoms with Gasteiger partial charge in [0.2, 0.25) is 0 Å². The maximum absolute atomic E-state index is 12.5. The molecule has 0 aromatic carbocycles. The molecule has 24 heavy (non-hydrogen) atoms. The molecule has 1 heteroatoms. The Balaban J connectivity index is 1.38. The van der Waals surface area contributed by atoms with Crippen LogP contribution >= 0.6 is 0 Å². The Hall–Kier alpha value is -0.330. The smallest absolute Gasteiger partial charge is 0.130 e. The molecule has 12 unspecified atom stereocenters. The average molecular weight is 316 g/mol. The predicted molar refractivity (Wildman–Crippen MR) is 84.0 cm³/mol. The van der Waals surface area contributed by atoms with Crippen LogP contribution in [0.5, 0.6) is 0 Å². The number of carbonyl (C=O) groups is 1. The minimum atomic E-state index is 0.562. The molecular formula is C23H24O. The molecule has 0 saturated heterocycles. The first-order valence-corrected chi connectivity index (χ1v) is 11.3. The number of Topliss-reactive ketones (excluding diaryl/α,β-unsaturated/α-hetero) is 1. The van der Waals surface area contributed by atoms with Gasteiger partial charge in [0.25, 0.3) is 0 Å². The lowest BCUT2D eigenvalue weighted by molar-refractivity contribution is -0.121. The lowest BCUT2D eigenvalue weighted by Crippen LogP contribution is -2.37. The molecule has 0 aliphatic heterocycles. The average Bonchev–Trinajstić information content (AvgIpc) is 3.22. The molecule has 12 aliphatic rings. The molecule has 12 atom stereocenters. The second kappa shape index (κ2) is 2.40. The molecule has 122 valence electrons. The Morgan fingerprint density at radius 2 is 0.792 bits per heavy atom. The Morgan fingerprint density at radius 1 is 0.542 bits per heavy atom. The van der Waals surface area contributed by atoms with Gasteiger partial charge in [-0.15, -0.1) is 0 Å². The van der Waals surface area contributed by atoms with Gasteiger partial charge in [0, 0.05) is 6.42 Å². The van der Waals surface area contributed by atoms with E-state index in [2.05, 4.69) is 0 Å². The zero-order valence-corrected chi connectivity index (χ0v) is 14.1. The summed E-state index contributed by atoms with van der Waals surface area (Å²) in [5.74, 6) is 22.7. The Labute approximate surface area is 142 Å². The summed E-state index contributed by atoms with van der Waals surface area (Å²) in [6, 6.07) is 0. The van der Waals surface area contributed by atoms with Crippen LogP contribution < -0.4 is 0 Å². The van der Waals surface area contributed by atoms with Gasteiger partial charge in [-0.25, -0.2) is 0 Å². The van der Waals surface area contributed by atoms with E-state index in [1.807, 2.05) is 6.92 Å². The maximum atomic E-state index is 12.5. The van der Waals surface area contributed by atoms with Gasteiger partial charge in [-0.1, -0.05) is 0 Å². The van der Waals surface area contributed by atoms with E-state index in [4.69, 9.17) is 0 Å². The van der Waals surface area contributed by atoms with Crippen LogP contribution in [0.3, 0.4) is 0 Å². The topological polar surface area (TPSA) is 17.1 Å². The Kier molecular flexibility index (Phi) is 1.07. The molecule has 1 nitrogen and oxygen atoms in total. The van der Waals surface area contributed by atoms with Gasteiger partial charge in [0.05, 0.1) is 0 Å². The zero-order valence-electron chi connectivity index (χ0n) is 14.1. The van der Waals surface area contributed by atoms with Crippen LogP contribution in [-0.4, -0.2) is 5.78 Å². The normalized spacial score (nSPS) is 95.0. The van der Waals surface area contributed by atoms with Crippen molar-refractivity contribution in [3.8, 4) is 0 Å². The minimum Gasteiger partial charge on any atom is -0.300 e. The van der Waals surface area contributed by atoms with Gasteiger partial charge >= 0.3 is 0 Å². The standard InChI is InChI=1S/C23H24O/c1-3(24)2-23-20-14-8-5-4-6-10(8)16(20)18-12(6)13-7(4)11-9(5)15(14)21(23)17(11)19(13)22(18)23/h4-22H,2H2,1H3. The van der Waals surface area contributed by atoms with Crippen molar-refractivity contribution in [3.05, 3.63) is 0 Å². The first-order valence-electron chi connectivity index (χ1n) is 11.3. The van der Waals surface area contributed by atoms with Crippen LogP contribution in [0.25, 0.3) is 0 Å². The quantitative estimate of drug-likeness (QED) is 0.766. The number of hydrogen-bond donors (Lipinski definition) is 0. The van der Waals surface area contributed by atoms with E-state index in [1.165, 1.54) is 59.2 Å². The van der Waals surface area contributed by atoms with Crippen LogP contribution in [0, 0.1) is 118 Å². The molecule has 12 fully saturated rings. The molecule has 12 aliphatic carbocycles. The highest BCUT2D eigenvalue weighted by Crippen LogP contribution is 3.04. The SMILES string of the molecule is CC(=O)CC12C3C4C5C6C7C8C5C3C3C8C5C7C7C6C4C1C7C5C32. The molecule has 0 amide bonds. The van der Waals surface area contributed by atoms with Gasteiger partial charge in [-0.05, 0) is 125 Å². The van der Waals surface area contributed by atoms with Crippen molar-refractivity contribution < 1.29 is 4.79 Å². The highest BCUT2D eigenvalue weighted by molar-refractivity contribution is 5.77. The summed E-state index contributed by atoms with van der Waals surface area (Å²) in [6.45, 7) is 1.94. The number of rotatable bonds is 2. The first kappa shape index (κ1) is 10.7. The lowest BCUT2D eigenvalue weighted by atomic mass is 9.64. The van der Waals surface area contributed by atoms with Crippen LogP contribution in [0.4, 0.5) is 0 Å². The van der Waals surface area contributed by atoms with Crippen LogP contribution in [0.15, 0.2) is 0 Å². The van der Waals surface area contributed by atoms with E-state index in [0.717, 1.165) is 59.7 Å². The fourth-order valence-corrected chi connectivity index (χ4v) is 16.5. The summed E-state index contributed by atoms with van der Waals surface area (Å²) in [5, 5.41) is 0. The highest BCUT2D eigenvalue weighted by Gasteiger charge is 3.01. The van der Waals surface area contributed by atoms with E-state index >= 15 is 0 Å². The van der Waals surface area contributed by atoms with Gasteiger partial charge in [-0.2, -0.15) is 0 Å². The van der Waals surface area contributed by atoms with E-state index in [-0.39, 0.29) is 0 Å². The molecule has 12 rings (SSSR count). The van der Waals surface area contributed by atoms with Crippen LogP contribution in [0.1, 0.15) is 13.3 Å². The summed E-state index contributed by atoms with van der Waals surface area (Å²) in [4.78, 5) is 12.5. The van der Waals surface area contributed by atoms with Crippen molar-refractivity contribution in [2.45, 2.75) is 13.3 Å². The fraction of sp³-hybridized carbons (Fsp3) is 0.957. The monoisotopic (exact) mass is 316 g/mol. The largest absolute Gasteiger partial charge is 0.300 e. The molecule has 0 bridgehead atoms. The predicted octanol–water partition coefficient (Wildman–Crippen LogP) is 2.81. The third-order valence-electron chi connectivity index (χ3n) is 14.2. The van der Waals surface area contributed by atoms with Crippen molar-refractivity contribution in [3.63, 3.8) is 0 Å². The number of ketones is 1. The molecule has 0 aromatic heterocycles. The maximum Gasteiger partial charge on any atom is 0.130 e. The third-order valence-corrected chi connectivity index (χ3v) is 14.2. The molecular weight excluding hydrogens is 292 g/mol. The summed E-state index contributed by atoms with van der Waals surface area (Å²) in [7, 11) is 0. The summed E-state index contributed by atoms with van der Waals surface area (Å²) in [6.07, 6.45) is 1.03. The Morgan fingerprint density at radius 3 is 1.04 bits per heavy atom. The van der Waals surface area contributed by atoms with Gasteiger partial charge in [-0.3, -0.25) is 0 Å². The zero-order chi connectivity index (χ0) is 14.8. The minimum absolute atomic E-state index is 0.562. The first-order chi connectivity index (χ1) is 11.8. The van der Waals surface area contributed by atoms with Crippen molar-refractivity contribution in [2.24, 2.45) is 118 Å². The fourth-order valence-electron chi connectivity index (χ4n) is 16.5. The van der Waals surface area contributed by atoms with E-state index in [0.29, 0.717) is 11.2 Å². The van der Waals surface area contributed by atoms with Crippen LogP contribution in [-0.2, 0) is 4.79 Å². The Bertz CT molecular complexity index is 712. The van der Waals surface area contributed by atoms with Crippen molar-refractivity contribution in [1.29, 1.82) is 0 Å². The third kappa shape index (κ3) is 0.542. The van der Waals surface area contributed by atoms with Crippen molar-refractivity contribution in [1.82, 2.24) is 0 Å². The lowest BCUT2D eigenvalue weighted by Gasteiger charge is -2.39. The summed E-state index contributed by atoms with van der Waals surface area (Å²) < 4.78 is 0. The van der Waals surface area contributed by atoms with Gasteiger partial charge in [0.15, 0.2) is 0 Å². The van der Waals surface area contributed by atoms with Crippen molar-refractivity contribution >= 4 is 5.78 Å². The highest BCUT2D eigenvalue weighted by atomic mass is 16.1. The molecule has 0 spiro atoms. The van der Waals surface area contributed by atoms with E-state index in [1.54, 1.807) is 0 Å².